The number of carbonyl (C=O) groups excluding carboxylic acids is 1. The van der Waals surface area contributed by atoms with Crippen molar-refractivity contribution in [2.45, 2.75) is 12.5 Å². The molecule has 0 heterocycles. The molecule has 0 spiro atoms. The molecule has 0 saturated heterocycles. The maximum atomic E-state index is 11.1. The average Bonchev–Trinajstić information content (AvgIpc) is 1.84. The van der Waals surface area contributed by atoms with E-state index in [9.17, 15) is 18.1 Å². The fourth-order valence-corrected chi connectivity index (χ4v) is 0.149. The molecule has 54 valence electrons. The first-order valence-electron chi connectivity index (χ1n) is 1.88. The number of hydrogen-bond acceptors (Lipinski definition) is 3. The van der Waals surface area contributed by atoms with Crippen molar-refractivity contribution in [3.05, 3.63) is 0 Å². The van der Waals surface area contributed by atoms with Gasteiger partial charge in [0, 0.05) is 4.53 Å². The Labute approximate surface area is 47.9 Å². The van der Waals surface area contributed by atoms with Crippen LogP contribution in [0.2, 0.25) is 0 Å². The highest BCUT2D eigenvalue weighted by atomic mass is 19.3. The maximum Gasteiger partial charge on any atom is 0.382 e. The lowest BCUT2D eigenvalue weighted by Gasteiger charge is -2.01. The van der Waals surface area contributed by atoms with Crippen LogP contribution in [0.4, 0.5) is 13.3 Å². The fraction of sp³-hybridized carbons (Fsp3) is 0.667. The molecular weight excluding hydrogens is 141 g/mol. The van der Waals surface area contributed by atoms with Gasteiger partial charge in [0.1, 0.15) is 0 Å². The van der Waals surface area contributed by atoms with Crippen LogP contribution in [-0.2, 0) is 9.74 Å². The number of carbonyl (C=O) groups is 1. The Hall–Kier alpha value is -0.780. The highest BCUT2D eigenvalue weighted by Gasteiger charge is 2.27. The first kappa shape index (κ1) is 8.22. The fourth-order valence-electron chi connectivity index (χ4n) is 0.149. The van der Waals surface area contributed by atoms with Crippen LogP contribution >= 0.6 is 0 Å². The minimum atomic E-state index is -3.31. The van der Waals surface area contributed by atoms with Crippen molar-refractivity contribution in [2.75, 3.05) is 0 Å². The Morgan fingerprint density at radius 2 is 2.00 bits per heavy atom. The molecule has 6 heteroatoms. The SMILES string of the molecule is O=C(OF)C(O)C(F)F. The second-order valence-corrected chi connectivity index (χ2v) is 1.18. The van der Waals surface area contributed by atoms with Gasteiger partial charge in [0.15, 0.2) is 0 Å². The van der Waals surface area contributed by atoms with E-state index >= 15 is 0 Å². The van der Waals surface area contributed by atoms with E-state index in [1.807, 2.05) is 0 Å². The second-order valence-electron chi connectivity index (χ2n) is 1.18. The van der Waals surface area contributed by atoms with Gasteiger partial charge in [0.05, 0.1) is 0 Å². The molecule has 0 fully saturated rings. The van der Waals surface area contributed by atoms with Crippen LogP contribution in [-0.4, -0.2) is 23.6 Å². The molecule has 0 aliphatic rings. The monoisotopic (exact) mass is 144 g/mol. The molecule has 3 nitrogen and oxygen atoms in total. The smallest absolute Gasteiger partial charge is 0.377 e. The highest BCUT2D eigenvalue weighted by molar-refractivity contribution is 5.74. The molecule has 0 aromatic carbocycles. The normalized spacial score (nSPS) is 13.4. The van der Waals surface area contributed by atoms with Gasteiger partial charge in [-0.25, -0.2) is 13.6 Å². The number of aliphatic hydroxyl groups is 1. The van der Waals surface area contributed by atoms with Gasteiger partial charge in [-0.3, -0.25) is 4.94 Å². The van der Waals surface area contributed by atoms with Crippen molar-refractivity contribution in [3.8, 4) is 0 Å². The molecule has 0 aromatic rings. The quantitative estimate of drug-likeness (QED) is 0.595. The lowest BCUT2D eigenvalue weighted by atomic mass is 10.4. The van der Waals surface area contributed by atoms with Crippen molar-refractivity contribution >= 4 is 5.97 Å². The van der Waals surface area contributed by atoms with Gasteiger partial charge < -0.3 is 5.11 Å². The third-order valence-corrected chi connectivity index (χ3v) is 0.556. The van der Waals surface area contributed by atoms with Crippen molar-refractivity contribution in [1.29, 1.82) is 0 Å². The number of hydrogen-bond donors (Lipinski definition) is 1. The van der Waals surface area contributed by atoms with Crippen molar-refractivity contribution < 1.29 is 28.1 Å². The van der Waals surface area contributed by atoms with Gasteiger partial charge in [-0.05, 0) is 0 Å². The van der Waals surface area contributed by atoms with Gasteiger partial charge in [-0.15, -0.1) is 0 Å². The maximum absolute atomic E-state index is 11.1. The Kier molecular flexibility index (Phi) is 3.00. The summed E-state index contributed by atoms with van der Waals surface area (Å²) in [6, 6.07) is 0. The van der Waals surface area contributed by atoms with Gasteiger partial charge in [0.2, 0.25) is 6.10 Å². The van der Waals surface area contributed by atoms with Crippen molar-refractivity contribution in [2.24, 2.45) is 0 Å². The lowest BCUT2D eigenvalue weighted by Crippen LogP contribution is -2.28. The number of halogens is 3. The largest absolute Gasteiger partial charge is 0.382 e. The summed E-state index contributed by atoms with van der Waals surface area (Å²) in [6.45, 7) is 0. The Morgan fingerprint density at radius 1 is 1.56 bits per heavy atom. The summed E-state index contributed by atoms with van der Waals surface area (Å²) in [5.41, 5.74) is 0. The minimum Gasteiger partial charge on any atom is -0.377 e. The van der Waals surface area contributed by atoms with Crippen LogP contribution in [0.15, 0.2) is 0 Å². The van der Waals surface area contributed by atoms with E-state index < -0.39 is 18.5 Å². The standard InChI is InChI=1S/C3H3F3O3/c4-2(5)1(7)3(8)9-6/h1-2,7H. The summed E-state index contributed by atoms with van der Waals surface area (Å²) in [5.74, 6) is -1.98. The summed E-state index contributed by atoms with van der Waals surface area (Å²) < 4.78 is 33.0. The lowest BCUT2D eigenvalue weighted by molar-refractivity contribution is -0.200. The molecule has 0 radical (unpaired) electrons. The predicted molar refractivity (Wildman–Crippen MR) is 19.2 cm³/mol. The van der Waals surface area contributed by atoms with E-state index in [0.717, 1.165) is 0 Å². The zero-order valence-electron chi connectivity index (χ0n) is 4.05. The van der Waals surface area contributed by atoms with E-state index in [4.69, 9.17) is 5.11 Å². The van der Waals surface area contributed by atoms with Crippen LogP contribution in [0.25, 0.3) is 0 Å². The van der Waals surface area contributed by atoms with Crippen LogP contribution in [0.3, 0.4) is 0 Å². The topological polar surface area (TPSA) is 46.5 Å². The first-order chi connectivity index (χ1) is 4.09. The zero-order valence-corrected chi connectivity index (χ0v) is 4.05. The molecular formula is C3H3F3O3. The molecule has 0 rings (SSSR count). The van der Waals surface area contributed by atoms with Gasteiger partial charge in [-0.2, -0.15) is 0 Å². The molecule has 0 aliphatic heterocycles. The summed E-state index contributed by atoms with van der Waals surface area (Å²) in [7, 11) is 0. The summed E-state index contributed by atoms with van der Waals surface area (Å²) in [6.07, 6.45) is -6.00. The highest BCUT2D eigenvalue weighted by Crippen LogP contribution is 2.01. The van der Waals surface area contributed by atoms with E-state index in [0.29, 0.717) is 0 Å². The van der Waals surface area contributed by atoms with Gasteiger partial charge in [0.25, 0.3) is 6.43 Å². The molecule has 0 amide bonds. The molecule has 0 saturated carbocycles. The van der Waals surface area contributed by atoms with Crippen LogP contribution in [0.1, 0.15) is 0 Å². The van der Waals surface area contributed by atoms with E-state index in [-0.39, 0.29) is 0 Å². The zero-order chi connectivity index (χ0) is 7.44. The van der Waals surface area contributed by atoms with E-state index in [1.165, 1.54) is 0 Å². The summed E-state index contributed by atoms with van der Waals surface area (Å²) >= 11 is 0. The van der Waals surface area contributed by atoms with E-state index in [1.54, 1.807) is 0 Å². The predicted octanol–water partition coefficient (Wildman–Crippen LogP) is 0.0401. The molecule has 0 bridgehead atoms. The Balaban J connectivity index is 3.72. The molecule has 0 aliphatic carbocycles. The molecule has 1 atom stereocenters. The molecule has 1 unspecified atom stereocenters. The van der Waals surface area contributed by atoms with Crippen LogP contribution < -0.4 is 0 Å². The summed E-state index contributed by atoms with van der Waals surface area (Å²) in [5, 5.41) is 7.93. The Bertz CT molecular complexity index is 104. The third-order valence-electron chi connectivity index (χ3n) is 0.556. The Morgan fingerprint density at radius 3 is 2.11 bits per heavy atom. The van der Waals surface area contributed by atoms with E-state index in [2.05, 4.69) is 4.94 Å². The van der Waals surface area contributed by atoms with Crippen LogP contribution in [0, 0.1) is 0 Å². The second kappa shape index (κ2) is 3.29. The number of aliphatic hydroxyl groups excluding tert-OH is 1. The average molecular weight is 144 g/mol. The molecule has 1 N–H and O–H groups in total. The third kappa shape index (κ3) is 2.31. The van der Waals surface area contributed by atoms with Gasteiger partial charge >= 0.3 is 5.97 Å². The molecule has 0 aromatic heterocycles. The van der Waals surface area contributed by atoms with Crippen LogP contribution in [0.5, 0.6) is 0 Å². The summed E-state index contributed by atoms with van der Waals surface area (Å²) in [4.78, 5) is 11.9. The number of alkyl halides is 2. The first-order valence-corrected chi connectivity index (χ1v) is 1.88. The minimum absolute atomic E-state index is 1.98. The van der Waals surface area contributed by atoms with Gasteiger partial charge in [-0.1, -0.05) is 0 Å². The van der Waals surface area contributed by atoms with Crippen molar-refractivity contribution in [3.63, 3.8) is 0 Å². The van der Waals surface area contributed by atoms with Crippen molar-refractivity contribution in [1.82, 2.24) is 0 Å². The molecule has 9 heavy (non-hydrogen) atoms. The number of rotatable bonds is 2.